The Balaban J connectivity index is 1.99. The summed E-state index contributed by atoms with van der Waals surface area (Å²) in [5.41, 5.74) is 1.03. The van der Waals surface area contributed by atoms with Crippen LogP contribution in [0.2, 0.25) is 0 Å². The van der Waals surface area contributed by atoms with Crippen LogP contribution in [-0.2, 0) is 0 Å². The highest BCUT2D eigenvalue weighted by atomic mass is 32.2. The minimum Gasteiger partial charge on any atom is -0.306 e. The topological polar surface area (TPSA) is 12.0 Å². The van der Waals surface area contributed by atoms with Gasteiger partial charge < -0.3 is 5.32 Å². The zero-order chi connectivity index (χ0) is 11.5. The molecule has 0 aromatic heterocycles. The predicted octanol–water partition coefficient (Wildman–Crippen LogP) is 3.37. The predicted molar refractivity (Wildman–Crippen MR) is 68.3 cm³/mol. The van der Waals surface area contributed by atoms with Crippen molar-refractivity contribution in [2.24, 2.45) is 0 Å². The molecule has 1 aromatic rings. The summed E-state index contributed by atoms with van der Waals surface area (Å²) in [5.74, 6) is 1.08. The first-order valence-corrected chi connectivity index (χ1v) is 6.85. The summed E-state index contributed by atoms with van der Waals surface area (Å²) in [6.07, 6.45) is 1.21. The Kier molecular flexibility index (Phi) is 3.87. The van der Waals surface area contributed by atoms with Gasteiger partial charge in [-0.3, -0.25) is 0 Å². The summed E-state index contributed by atoms with van der Waals surface area (Å²) < 4.78 is 13.1. The van der Waals surface area contributed by atoms with Crippen LogP contribution >= 0.6 is 11.8 Å². The molecule has 1 saturated heterocycles. The number of hydrogen-bond donors (Lipinski definition) is 1. The van der Waals surface area contributed by atoms with E-state index in [0.717, 1.165) is 5.56 Å². The Morgan fingerprint density at radius 1 is 1.50 bits per heavy atom. The molecule has 0 amide bonds. The van der Waals surface area contributed by atoms with E-state index in [-0.39, 0.29) is 11.9 Å². The van der Waals surface area contributed by atoms with E-state index in [1.807, 2.05) is 17.8 Å². The average molecular weight is 239 g/mol. The van der Waals surface area contributed by atoms with Gasteiger partial charge in [0.15, 0.2) is 0 Å². The fourth-order valence-electron chi connectivity index (χ4n) is 2.14. The zero-order valence-corrected chi connectivity index (χ0v) is 10.6. The monoisotopic (exact) mass is 239 g/mol. The molecule has 2 rings (SSSR count). The molecule has 0 bridgehead atoms. The molecular weight excluding hydrogens is 221 g/mol. The Morgan fingerprint density at radius 3 is 2.94 bits per heavy atom. The number of thioether (sulfide) groups is 1. The maximum absolute atomic E-state index is 13.1. The molecule has 1 aromatic carbocycles. The van der Waals surface area contributed by atoms with Gasteiger partial charge >= 0.3 is 0 Å². The van der Waals surface area contributed by atoms with Gasteiger partial charge in [0.2, 0.25) is 0 Å². The van der Waals surface area contributed by atoms with E-state index in [9.17, 15) is 4.39 Å². The summed E-state index contributed by atoms with van der Waals surface area (Å²) >= 11 is 2.01. The van der Waals surface area contributed by atoms with Gasteiger partial charge in [0.25, 0.3) is 0 Å². The first-order chi connectivity index (χ1) is 7.66. The van der Waals surface area contributed by atoms with E-state index in [1.165, 1.54) is 18.2 Å². The second-order valence-electron chi connectivity index (χ2n) is 4.41. The van der Waals surface area contributed by atoms with Crippen LogP contribution in [0.1, 0.15) is 31.9 Å². The summed E-state index contributed by atoms with van der Waals surface area (Å²) in [6.45, 7) is 4.36. The van der Waals surface area contributed by atoms with Crippen molar-refractivity contribution < 1.29 is 4.39 Å². The third-order valence-corrected chi connectivity index (χ3v) is 4.51. The first-order valence-electron chi connectivity index (χ1n) is 5.80. The molecule has 3 unspecified atom stereocenters. The highest BCUT2D eigenvalue weighted by Gasteiger charge is 2.25. The quantitative estimate of drug-likeness (QED) is 0.868. The molecule has 1 N–H and O–H groups in total. The van der Waals surface area contributed by atoms with Crippen LogP contribution in [0.25, 0.3) is 0 Å². The van der Waals surface area contributed by atoms with Gasteiger partial charge in [-0.25, -0.2) is 4.39 Å². The fraction of sp³-hybridized carbons (Fsp3) is 0.538. The van der Waals surface area contributed by atoms with Crippen LogP contribution in [0.15, 0.2) is 24.3 Å². The average Bonchev–Trinajstić information content (AvgIpc) is 2.64. The van der Waals surface area contributed by atoms with Crippen molar-refractivity contribution in [2.75, 3.05) is 5.75 Å². The molecule has 3 heteroatoms. The second-order valence-corrected chi connectivity index (χ2v) is 5.90. The van der Waals surface area contributed by atoms with Crippen LogP contribution in [-0.4, -0.2) is 17.0 Å². The Bertz CT molecular complexity index is 356. The van der Waals surface area contributed by atoms with Gasteiger partial charge in [0.05, 0.1) is 0 Å². The van der Waals surface area contributed by atoms with Gasteiger partial charge in [-0.1, -0.05) is 19.1 Å². The molecule has 3 atom stereocenters. The molecule has 0 radical (unpaired) electrons. The minimum atomic E-state index is -0.153. The largest absolute Gasteiger partial charge is 0.306 e. The molecule has 88 valence electrons. The Morgan fingerprint density at radius 2 is 2.31 bits per heavy atom. The van der Waals surface area contributed by atoms with Crippen molar-refractivity contribution in [1.29, 1.82) is 0 Å². The van der Waals surface area contributed by atoms with E-state index in [0.29, 0.717) is 11.3 Å². The van der Waals surface area contributed by atoms with Gasteiger partial charge in [0.1, 0.15) is 5.82 Å². The van der Waals surface area contributed by atoms with Crippen molar-refractivity contribution in [3.63, 3.8) is 0 Å². The van der Waals surface area contributed by atoms with Crippen molar-refractivity contribution in [3.8, 4) is 0 Å². The van der Waals surface area contributed by atoms with Crippen LogP contribution in [0.4, 0.5) is 4.39 Å². The molecule has 1 nitrogen and oxygen atoms in total. The second kappa shape index (κ2) is 5.19. The minimum absolute atomic E-state index is 0.153. The van der Waals surface area contributed by atoms with E-state index < -0.39 is 0 Å². The van der Waals surface area contributed by atoms with E-state index >= 15 is 0 Å². The molecule has 1 aliphatic rings. The number of benzene rings is 1. The number of nitrogens with one attached hydrogen (secondary N) is 1. The maximum atomic E-state index is 13.1. The highest BCUT2D eigenvalue weighted by Crippen LogP contribution is 2.28. The van der Waals surface area contributed by atoms with Crippen LogP contribution in [0, 0.1) is 5.82 Å². The molecule has 1 aliphatic heterocycles. The van der Waals surface area contributed by atoms with Gasteiger partial charge in [-0.2, -0.15) is 11.8 Å². The Hall–Kier alpha value is -0.540. The van der Waals surface area contributed by atoms with Crippen LogP contribution < -0.4 is 5.32 Å². The SMILES string of the molecule is CC(NC1CCSC1C)c1cccc(F)c1. The third-order valence-electron chi connectivity index (χ3n) is 3.19. The summed E-state index contributed by atoms with van der Waals surface area (Å²) in [4.78, 5) is 0. The van der Waals surface area contributed by atoms with Crippen LogP contribution in [0.5, 0.6) is 0 Å². The van der Waals surface area contributed by atoms with Crippen LogP contribution in [0.3, 0.4) is 0 Å². The fourth-order valence-corrected chi connectivity index (χ4v) is 3.35. The molecule has 0 saturated carbocycles. The number of rotatable bonds is 3. The normalized spacial score (nSPS) is 26.9. The maximum Gasteiger partial charge on any atom is 0.123 e. The molecule has 0 aliphatic carbocycles. The van der Waals surface area contributed by atoms with Gasteiger partial charge in [0, 0.05) is 17.3 Å². The lowest BCUT2D eigenvalue weighted by molar-refractivity contribution is 0.452. The lowest BCUT2D eigenvalue weighted by Crippen LogP contribution is -2.35. The molecule has 16 heavy (non-hydrogen) atoms. The zero-order valence-electron chi connectivity index (χ0n) is 9.74. The highest BCUT2D eigenvalue weighted by molar-refractivity contribution is 8.00. The van der Waals surface area contributed by atoms with E-state index in [1.54, 1.807) is 12.1 Å². The standard InChI is InChI=1S/C13H18FNS/c1-9(11-4-3-5-12(14)8-11)15-13-6-7-16-10(13)2/h3-5,8-10,13,15H,6-7H2,1-2H3. The first kappa shape index (κ1) is 11.9. The molecule has 1 fully saturated rings. The Labute approximate surface area is 101 Å². The smallest absolute Gasteiger partial charge is 0.123 e. The number of hydrogen-bond acceptors (Lipinski definition) is 2. The van der Waals surface area contributed by atoms with E-state index in [4.69, 9.17) is 0 Å². The lowest BCUT2D eigenvalue weighted by Gasteiger charge is -2.22. The summed E-state index contributed by atoms with van der Waals surface area (Å²) in [5, 5.41) is 4.25. The number of halogens is 1. The molecule has 1 heterocycles. The van der Waals surface area contributed by atoms with Crippen molar-refractivity contribution in [1.82, 2.24) is 5.32 Å². The molecular formula is C13H18FNS. The van der Waals surface area contributed by atoms with Gasteiger partial charge in [-0.05, 0) is 36.8 Å². The summed E-state index contributed by atoms with van der Waals surface area (Å²) in [7, 11) is 0. The summed E-state index contributed by atoms with van der Waals surface area (Å²) in [6, 6.07) is 7.64. The third kappa shape index (κ3) is 2.77. The van der Waals surface area contributed by atoms with Crippen molar-refractivity contribution in [2.45, 2.75) is 37.6 Å². The van der Waals surface area contributed by atoms with Gasteiger partial charge in [-0.15, -0.1) is 0 Å². The van der Waals surface area contributed by atoms with E-state index in [2.05, 4.69) is 19.2 Å². The lowest BCUT2D eigenvalue weighted by atomic mass is 10.1. The molecule has 0 spiro atoms. The van der Waals surface area contributed by atoms with Crippen molar-refractivity contribution in [3.05, 3.63) is 35.6 Å². The van der Waals surface area contributed by atoms with Crippen molar-refractivity contribution >= 4 is 11.8 Å².